The summed E-state index contributed by atoms with van der Waals surface area (Å²) in [4.78, 5) is 12.4. The van der Waals surface area contributed by atoms with E-state index in [9.17, 15) is 4.79 Å². The molecule has 3 nitrogen and oxygen atoms in total. The predicted octanol–water partition coefficient (Wildman–Crippen LogP) is 3.40. The number of para-hydroxylation sites is 2. The van der Waals surface area contributed by atoms with E-state index in [-0.39, 0.29) is 5.69 Å². The summed E-state index contributed by atoms with van der Waals surface area (Å²) >= 11 is 5.62. The van der Waals surface area contributed by atoms with Crippen molar-refractivity contribution in [2.24, 2.45) is 0 Å². The molecule has 0 atom stereocenters. The maximum absolute atomic E-state index is 12.4. The smallest absolute Gasteiger partial charge is 0.292 e. The summed E-state index contributed by atoms with van der Waals surface area (Å²) in [6.45, 7) is 3.49. The molecule has 1 aromatic heterocycles. The summed E-state index contributed by atoms with van der Waals surface area (Å²) in [7, 11) is 0. The number of benzene rings is 1. The van der Waals surface area contributed by atoms with Crippen LogP contribution in [0.4, 0.5) is 0 Å². The molecule has 0 spiro atoms. The Bertz CT molecular complexity index is 625. The number of imidazole rings is 1. The van der Waals surface area contributed by atoms with Crippen molar-refractivity contribution in [1.29, 1.82) is 0 Å². The molecular weight excluding hydrogens is 260 g/mol. The normalized spacial score (nSPS) is 11.7. The SMILES string of the molecule is CCCCn1c(=O)n(C/C=C\CCl)c2ccccc21. The van der Waals surface area contributed by atoms with Gasteiger partial charge in [-0.1, -0.05) is 37.6 Å². The minimum atomic E-state index is 0.0638. The molecule has 0 aliphatic carbocycles. The molecule has 0 radical (unpaired) electrons. The number of aromatic nitrogens is 2. The lowest BCUT2D eigenvalue weighted by atomic mass is 10.3. The minimum Gasteiger partial charge on any atom is -0.292 e. The summed E-state index contributed by atoms with van der Waals surface area (Å²) in [5, 5.41) is 0. The standard InChI is InChI=1S/C15H19ClN2O/c1-2-3-11-17-13-8-4-5-9-14(13)18(15(17)19)12-7-6-10-16/h4-9H,2-3,10-12H2,1H3/b7-6-. The van der Waals surface area contributed by atoms with E-state index >= 15 is 0 Å². The van der Waals surface area contributed by atoms with E-state index in [1.54, 1.807) is 4.57 Å². The van der Waals surface area contributed by atoms with Gasteiger partial charge in [-0.25, -0.2) is 4.79 Å². The molecule has 0 bridgehead atoms. The van der Waals surface area contributed by atoms with Crippen molar-refractivity contribution in [2.75, 3.05) is 5.88 Å². The molecule has 1 heterocycles. The molecule has 0 saturated heterocycles. The van der Waals surface area contributed by atoms with Gasteiger partial charge in [0.25, 0.3) is 0 Å². The van der Waals surface area contributed by atoms with Crippen LogP contribution in [0.5, 0.6) is 0 Å². The maximum atomic E-state index is 12.4. The Morgan fingerprint density at radius 1 is 1.16 bits per heavy atom. The van der Waals surface area contributed by atoms with Gasteiger partial charge in [-0.05, 0) is 18.6 Å². The molecule has 4 heteroatoms. The van der Waals surface area contributed by atoms with Crippen LogP contribution in [-0.2, 0) is 13.1 Å². The Labute approximate surface area is 118 Å². The number of nitrogens with zero attached hydrogens (tertiary/aromatic N) is 2. The molecule has 2 rings (SSSR count). The third kappa shape index (κ3) is 2.92. The molecular formula is C15H19ClN2O. The van der Waals surface area contributed by atoms with Crippen molar-refractivity contribution in [3.05, 3.63) is 46.9 Å². The number of allylic oxidation sites excluding steroid dienone is 2. The van der Waals surface area contributed by atoms with Gasteiger partial charge in [0.05, 0.1) is 11.0 Å². The molecule has 0 saturated carbocycles. The topological polar surface area (TPSA) is 26.9 Å². The summed E-state index contributed by atoms with van der Waals surface area (Å²) in [6.07, 6.45) is 5.90. The molecule has 19 heavy (non-hydrogen) atoms. The first-order chi connectivity index (χ1) is 9.29. The monoisotopic (exact) mass is 278 g/mol. The highest BCUT2D eigenvalue weighted by molar-refractivity contribution is 6.18. The fourth-order valence-electron chi connectivity index (χ4n) is 2.22. The van der Waals surface area contributed by atoms with E-state index in [4.69, 9.17) is 11.6 Å². The van der Waals surface area contributed by atoms with Crippen molar-refractivity contribution in [2.45, 2.75) is 32.9 Å². The van der Waals surface area contributed by atoms with Crippen LogP contribution in [0.3, 0.4) is 0 Å². The zero-order valence-corrected chi connectivity index (χ0v) is 11.9. The van der Waals surface area contributed by atoms with Crippen LogP contribution in [0.2, 0.25) is 0 Å². The molecule has 0 fully saturated rings. The van der Waals surface area contributed by atoms with Crippen molar-refractivity contribution < 1.29 is 0 Å². The fraction of sp³-hybridized carbons (Fsp3) is 0.400. The number of rotatable bonds is 6. The first-order valence-corrected chi connectivity index (χ1v) is 7.22. The van der Waals surface area contributed by atoms with Gasteiger partial charge < -0.3 is 0 Å². The molecule has 0 aliphatic rings. The van der Waals surface area contributed by atoms with Crippen LogP contribution < -0.4 is 5.69 Å². The number of alkyl halides is 1. The lowest BCUT2D eigenvalue weighted by Gasteiger charge is -2.00. The Kier molecular flexibility index (Phi) is 4.86. The average molecular weight is 279 g/mol. The number of hydrogen-bond donors (Lipinski definition) is 0. The van der Waals surface area contributed by atoms with Gasteiger partial charge in [0.15, 0.2) is 0 Å². The third-order valence-electron chi connectivity index (χ3n) is 3.20. The summed E-state index contributed by atoms with van der Waals surface area (Å²) in [5.41, 5.74) is 2.07. The van der Waals surface area contributed by atoms with Gasteiger partial charge in [-0.15, -0.1) is 11.6 Å². The minimum absolute atomic E-state index is 0.0638. The second-order valence-electron chi connectivity index (χ2n) is 4.51. The number of aryl methyl sites for hydroxylation is 1. The zero-order valence-electron chi connectivity index (χ0n) is 11.2. The Hall–Kier alpha value is -1.48. The molecule has 2 aromatic rings. The number of unbranched alkanes of at least 4 members (excludes halogenated alkanes) is 1. The third-order valence-corrected chi connectivity index (χ3v) is 3.38. The molecule has 1 aromatic carbocycles. The molecule has 0 unspecified atom stereocenters. The highest BCUT2D eigenvalue weighted by atomic mass is 35.5. The molecule has 0 N–H and O–H groups in total. The Morgan fingerprint density at radius 2 is 1.84 bits per heavy atom. The van der Waals surface area contributed by atoms with E-state index in [1.165, 1.54) is 0 Å². The van der Waals surface area contributed by atoms with E-state index < -0.39 is 0 Å². The number of fused-ring (bicyclic) bond motifs is 1. The molecule has 0 aliphatic heterocycles. The van der Waals surface area contributed by atoms with Crippen molar-refractivity contribution >= 4 is 22.6 Å². The van der Waals surface area contributed by atoms with Crippen LogP contribution in [0, 0.1) is 0 Å². The zero-order chi connectivity index (χ0) is 13.7. The second kappa shape index (κ2) is 6.62. The van der Waals surface area contributed by atoms with Gasteiger partial charge in [0.1, 0.15) is 0 Å². The second-order valence-corrected chi connectivity index (χ2v) is 4.82. The van der Waals surface area contributed by atoms with Crippen LogP contribution in [0.1, 0.15) is 19.8 Å². The van der Waals surface area contributed by atoms with Gasteiger partial charge >= 0.3 is 5.69 Å². The lowest BCUT2D eigenvalue weighted by molar-refractivity contribution is 0.608. The van der Waals surface area contributed by atoms with E-state index in [2.05, 4.69) is 6.92 Å². The van der Waals surface area contributed by atoms with E-state index in [0.717, 1.165) is 30.4 Å². The van der Waals surface area contributed by atoms with Gasteiger partial charge in [-0.3, -0.25) is 9.13 Å². The summed E-state index contributed by atoms with van der Waals surface area (Å²) in [6, 6.07) is 7.94. The lowest BCUT2D eigenvalue weighted by Crippen LogP contribution is -2.24. The summed E-state index contributed by atoms with van der Waals surface area (Å²) < 4.78 is 3.67. The molecule has 102 valence electrons. The van der Waals surface area contributed by atoms with Crippen LogP contribution >= 0.6 is 11.6 Å². The van der Waals surface area contributed by atoms with Crippen LogP contribution in [-0.4, -0.2) is 15.0 Å². The fourth-order valence-corrected chi connectivity index (χ4v) is 2.35. The van der Waals surface area contributed by atoms with E-state index in [1.807, 2.05) is 41.0 Å². The highest BCUT2D eigenvalue weighted by Crippen LogP contribution is 2.13. The first-order valence-electron chi connectivity index (χ1n) is 6.68. The van der Waals surface area contributed by atoms with Gasteiger partial charge in [0, 0.05) is 19.0 Å². The quantitative estimate of drug-likeness (QED) is 0.588. The van der Waals surface area contributed by atoms with Crippen LogP contribution in [0.25, 0.3) is 11.0 Å². The number of hydrogen-bond acceptors (Lipinski definition) is 1. The molecule has 0 amide bonds. The first kappa shape index (κ1) is 13.9. The van der Waals surface area contributed by atoms with Crippen LogP contribution in [0.15, 0.2) is 41.2 Å². The largest absolute Gasteiger partial charge is 0.329 e. The van der Waals surface area contributed by atoms with Gasteiger partial charge in [-0.2, -0.15) is 0 Å². The van der Waals surface area contributed by atoms with Crippen molar-refractivity contribution in [3.8, 4) is 0 Å². The number of halogens is 1. The van der Waals surface area contributed by atoms with Crippen molar-refractivity contribution in [1.82, 2.24) is 9.13 Å². The summed E-state index contributed by atoms with van der Waals surface area (Å²) in [5.74, 6) is 0.475. The predicted molar refractivity (Wildman–Crippen MR) is 81.0 cm³/mol. The average Bonchev–Trinajstić information content (AvgIpc) is 2.70. The Balaban J connectivity index is 2.47. The highest BCUT2D eigenvalue weighted by Gasteiger charge is 2.10. The van der Waals surface area contributed by atoms with Crippen molar-refractivity contribution in [3.63, 3.8) is 0 Å². The maximum Gasteiger partial charge on any atom is 0.329 e. The Morgan fingerprint density at radius 3 is 2.47 bits per heavy atom. The van der Waals surface area contributed by atoms with Gasteiger partial charge in [0.2, 0.25) is 0 Å². The van der Waals surface area contributed by atoms with E-state index in [0.29, 0.717) is 12.4 Å².